The normalized spacial score (nSPS) is 28.3. The number of nitrogens with zero attached hydrogens (tertiary/aromatic N) is 1. The molecule has 0 aromatic heterocycles. The largest absolute Gasteiger partial charge is 0.466 e. The maximum atomic E-state index is 12.0. The fourth-order valence-corrected chi connectivity index (χ4v) is 4.35. The van der Waals surface area contributed by atoms with E-state index in [1.54, 1.807) is 0 Å². The number of benzene rings is 1. The third-order valence-electron chi connectivity index (χ3n) is 5.31. The monoisotopic (exact) mass is 301 g/mol. The smallest absolute Gasteiger partial charge is 0.307 e. The first-order valence-electron chi connectivity index (χ1n) is 8.71. The van der Waals surface area contributed by atoms with Gasteiger partial charge in [-0.15, -0.1) is 0 Å². The lowest BCUT2D eigenvalue weighted by atomic mass is 9.78. The molecule has 2 aliphatic rings. The summed E-state index contributed by atoms with van der Waals surface area (Å²) in [7, 11) is 0. The fraction of sp³-hybridized carbons (Fsp3) is 0.632. The van der Waals surface area contributed by atoms with Crippen molar-refractivity contribution in [1.29, 1.82) is 0 Å². The summed E-state index contributed by atoms with van der Waals surface area (Å²) in [6.45, 7) is 4.47. The van der Waals surface area contributed by atoms with Crippen molar-refractivity contribution < 1.29 is 9.53 Å². The molecule has 3 rings (SSSR count). The Balaban J connectivity index is 1.72. The number of esters is 1. The molecule has 0 bridgehead atoms. The van der Waals surface area contributed by atoms with Crippen molar-refractivity contribution in [3.8, 4) is 0 Å². The van der Waals surface area contributed by atoms with Gasteiger partial charge in [0.2, 0.25) is 0 Å². The van der Waals surface area contributed by atoms with Crippen molar-refractivity contribution in [3.05, 3.63) is 35.9 Å². The van der Waals surface area contributed by atoms with Crippen LogP contribution in [0.15, 0.2) is 30.3 Å². The van der Waals surface area contributed by atoms with Crippen LogP contribution in [0.2, 0.25) is 0 Å². The zero-order valence-corrected chi connectivity index (χ0v) is 13.5. The van der Waals surface area contributed by atoms with Gasteiger partial charge in [0, 0.05) is 19.1 Å². The van der Waals surface area contributed by atoms with Gasteiger partial charge in [-0.25, -0.2) is 0 Å². The zero-order valence-electron chi connectivity index (χ0n) is 13.5. The van der Waals surface area contributed by atoms with Crippen LogP contribution in [-0.4, -0.2) is 30.1 Å². The van der Waals surface area contributed by atoms with Gasteiger partial charge < -0.3 is 4.74 Å². The Morgan fingerprint density at radius 3 is 2.77 bits per heavy atom. The molecule has 0 amide bonds. The standard InChI is InChI=1S/C19H27NO2/c1-2-22-19(21)12-18-17-11-7-6-10-16(17)14-20(18)13-15-8-4-3-5-9-15/h3-5,8-9,16-18H,2,6-7,10-14H2,1H3/t16-,17-,18-/m0/s1. The Kier molecular flexibility index (Phi) is 5.14. The molecule has 1 saturated heterocycles. The van der Waals surface area contributed by atoms with E-state index in [0.717, 1.165) is 19.0 Å². The van der Waals surface area contributed by atoms with E-state index >= 15 is 0 Å². The van der Waals surface area contributed by atoms with Crippen molar-refractivity contribution in [2.75, 3.05) is 13.2 Å². The van der Waals surface area contributed by atoms with Crippen molar-refractivity contribution in [2.24, 2.45) is 11.8 Å². The van der Waals surface area contributed by atoms with Crippen molar-refractivity contribution >= 4 is 5.97 Å². The average Bonchev–Trinajstić information content (AvgIpc) is 2.86. The summed E-state index contributed by atoms with van der Waals surface area (Å²) in [5.74, 6) is 1.43. The minimum atomic E-state index is -0.0308. The Bertz CT molecular complexity index is 487. The molecule has 3 nitrogen and oxygen atoms in total. The molecule has 1 aliphatic heterocycles. The number of fused-ring (bicyclic) bond motifs is 1. The third kappa shape index (κ3) is 3.52. The highest BCUT2D eigenvalue weighted by atomic mass is 16.5. The van der Waals surface area contributed by atoms with Gasteiger partial charge in [-0.3, -0.25) is 9.69 Å². The van der Waals surface area contributed by atoms with Crippen LogP contribution in [0.4, 0.5) is 0 Å². The quantitative estimate of drug-likeness (QED) is 0.778. The number of carbonyl (C=O) groups is 1. The highest BCUT2D eigenvalue weighted by molar-refractivity contribution is 5.70. The number of hydrogen-bond donors (Lipinski definition) is 0. The molecule has 0 N–H and O–H groups in total. The van der Waals surface area contributed by atoms with Crippen molar-refractivity contribution in [3.63, 3.8) is 0 Å². The van der Waals surface area contributed by atoms with E-state index in [1.807, 2.05) is 6.92 Å². The number of ether oxygens (including phenoxy) is 1. The summed E-state index contributed by atoms with van der Waals surface area (Å²) in [6.07, 6.45) is 5.84. The van der Waals surface area contributed by atoms with E-state index in [2.05, 4.69) is 35.2 Å². The number of rotatable bonds is 5. The predicted octanol–water partition coefficient (Wildman–Crippen LogP) is 3.63. The Morgan fingerprint density at radius 1 is 1.23 bits per heavy atom. The van der Waals surface area contributed by atoms with Crippen LogP contribution < -0.4 is 0 Å². The molecular formula is C19H27NO2. The minimum absolute atomic E-state index is 0.0308. The zero-order chi connectivity index (χ0) is 15.4. The molecule has 22 heavy (non-hydrogen) atoms. The third-order valence-corrected chi connectivity index (χ3v) is 5.31. The maximum Gasteiger partial charge on any atom is 0.307 e. The van der Waals surface area contributed by atoms with Crippen LogP contribution in [0, 0.1) is 11.8 Å². The molecular weight excluding hydrogens is 274 g/mol. The van der Waals surface area contributed by atoms with Gasteiger partial charge in [0.25, 0.3) is 0 Å². The summed E-state index contributed by atoms with van der Waals surface area (Å²) in [5.41, 5.74) is 1.34. The van der Waals surface area contributed by atoms with Crippen molar-refractivity contribution in [1.82, 2.24) is 4.90 Å². The first-order chi connectivity index (χ1) is 10.8. The summed E-state index contributed by atoms with van der Waals surface area (Å²) in [5, 5.41) is 0. The molecule has 1 aliphatic carbocycles. The topological polar surface area (TPSA) is 29.5 Å². The van der Waals surface area contributed by atoms with E-state index < -0.39 is 0 Å². The predicted molar refractivity (Wildman–Crippen MR) is 87.3 cm³/mol. The summed E-state index contributed by atoms with van der Waals surface area (Å²) in [4.78, 5) is 14.6. The molecule has 120 valence electrons. The van der Waals surface area contributed by atoms with Crippen molar-refractivity contribution in [2.45, 2.75) is 51.6 Å². The molecule has 1 aromatic carbocycles. The van der Waals surface area contributed by atoms with E-state index in [0.29, 0.717) is 25.0 Å². The summed E-state index contributed by atoms with van der Waals surface area (Å²) in [6, 6.07) is 11.0. The number of hydrogen-bond acceptors (Lipinski definition) is 3. The van der Waals surface area contributed by atoms with E-state index in [9.17, 15) is 4.79 Å². The first-order valence-corrected chi connectivity index (χ1v) is 8.71. The minimum Gasteiger partial charge on any atom is -0.466 e. The molecule has 0 unspecified atom stereocenters. The highest BCUT2D eigenvalue weighted by Crippen LogP contribution is 2.42. The van der Waals surface area contributed by atoms with Gasteiger partial charge in [0.15, 0.2) is 0 Å². The molecule has 3 heteroatoms. The van der Waals surface area contributed by atoms with Gasteiger partial charge in [-0.2, -0.15) is 0 Å². The molecule has 0 radical (unpaired) electrons. The number of carbonyl (C=O) groups excluding carboxylic acids is 1. The van der Waals surface area contributed by atoms with E-state index in [1.165, 1.54) is 31.2 Å². The lowest BCUT2D eigenvalue weighted by Crippen LogP contribution is -2.35. The lowest BCUT2D eigenvalue weighted by Gasteiger charge is -2.30. The van der Waals surface area contributed by atoms with Gasteiger partial charge in [-0.1, -0.05) is 43.2 Å². The van der Waals surface area contributed by atoms with Crippen LogP contribution in [0.25, 0.3) is 0 Å². The van der Waals surface area contributed by atoms with Gasteiger partial charge in [0.05, 0.1) is 13.0 Å². The van der Waals surface area contributed by atoms with E-state index in [4.69, 9.17) is 4.74 Å². The molecule has 1 aromatic rings. The summed E-state index contributed by atoms with van der Waals surface area (Å²) >= 11 is 0. The van der Waals surface area contributed by atoms with Crippen LogP contribution in [0.5, 0.6) is 0 Å². The molecule has 0 spiro atoms. The fourth-order valence-electron chi connectivity index (χ4n) is 4.35. The van der Waals surface area contributed by atoms with E-state index in [-0.39, 0.29) is 5.97 Å². The second-order valence-corrected chi connectivity index (χ2v) is 6.70. The Morgan fingerprint density at radius 2 is 2.00 bits per heavy atom. The average molecular weight is 301 g/mol. The SMILES string of the molecule is CCOC(=O)C[C@H]1[C@H]2CCCC[C@H]2CN1Cc1ccccc1. The first kappa shape index (κ1) is 15.5. The maximum absolute atomic E-state index is 12.0. The van der Waals surface area contributed by atoms with Crippen LogP contribution in [-0.2, 0) is 16.1 Å². The van der Waals surface area contributed by atoms with Crippen LogP contribution in [0.1, 0.15) is 44.6 Å². The van der Waals surface area contributed by atoms with Gasteiger partial charge in [-0.05, 0) is 37.2 Å². The molecule has 1 saturated carbocycles. The van der Waals surface area contributed by atoms with Crippen LogP contribution in [0.3, 0.4) is 0 Å². The second kappa shape index (κ2) is 7.28. The van der Waals surface area contributed by atoms with Crippen LogP contribution >= 0.6 is 0 Å². The highest BCUT2D eigenvalue weighted by Gasteiger charge is 2.43. The lowest BCUT2D eigenvalue weighted by molar-refractivity contribution is -0.144. The van der Waals surface area contributed by atoms with Gasteiger partial charge >= 0.3 is 5.97 Å². The van der Waals surface area contributed by atoms with Gasteiger partial charge in [0.1, 0.15) is 0 Å². The summed E-state index contributed by atoms with van der Waals surface area (Å²) < 4.78 is 5.22. The Hall–Kier alpha value is -1.35. The molecule has 1 heterocycles. The Labute approximate surface area is 133 Å². The number of likely N-dealkylation sites (tertiary alicyclic amines) is 1. The molecule has 3 atom stereocenters. The second-order valence-electron chi connectivity index (χ2n) is 6.70. The molecule has 2 fully saturated rings.